The highest BCUT2D eigenvalue weighted by Gasteiger charge is 2.24. The molecule has 1 aromatic heterocycles. The van der Waals surface area contributed by atoms with E-state index in [1.54, 1.807) is 28.1 Å². The number of pyridine rings is 1. The normalized spacial score (nSPS) is 14.3. The van der Waals surface area contributed by atoms with Crippen LogP contribution in [0.1, 0.15) is 37.0 Å². The first-order valence-electron chi connectivity index (χ1n) is 10.1. The number of aromatic nitrogens is 1. The van der Waals surface area contributed by atoms with E-state index in [1.807, 2.05) is 44.2 Å². The summed E-state index contributed by atoms with van der Waals surface area (Å²) in [5.74, 6) is 0.621. The number of hydrogen-bond donors (Lipinski definition) is 1. The van der Waals surface area contributed by atoms with Gasteiger partial charge in [-0.05, 0) is 51.0 Å². The van der Waals surface area contributed by atoms with Crippen LogP contribution in [0.4, 0.5) is 16.3 Å². The number of nitrogens with one attached hydrogen (secondary N) is 1. The fourth-order valence-electron chi connectivity index (χ4n) is 3.48. The molecule has 0 aliphatic carbocycles. The molecule has 29 heavy (non-hydrogen) atoms. The Morgan fingerprint density at radius 1 is 1.17 bits per heavy atom. The highest BCUT2D eigenvalue weighted by atomic mass is 16.6. The monoisotopic (exact) mass is 396 g/mol. The predicted octanol–water partition coefficient (Wildman–Crippen LogP) is 3.78. The van der Waals surface area contributed by atoms with Crippen LogP contribution in [0.2, 0.25) is 0 Å². The Hall–Kier alpha value is -3.09. The lowest BCUT2D eigenvalue weighted by Gasteiger charge is -2.32. The zero-order valence-electron chi connectivity index (χ0n) is 17.0. The van der Waals surface area contributed by atoms with Crippen LogP contribution in [0.3, 0.4) is 0 Å². The molecule has 0 spiro atoms. The number of nitrogens with zero attached hydrogens (tertiary/aromatic N) is 3. The average molecular weight is 396 g/mol. The van der Waals surface area contributed by atoms with Crippen molar-refractivity contribution in [3.05, 3.63) is 54.2 Å². The number of likely N-dealkylation sites (tertiary alicyclic amines) is 1. The topological polar surface area (TPSA) is 74.8 Å². The molecule has 7 heteroatoms. The van der Waals surface area contributed by atoms with Gasteiger partial charge in [0.15, 0.2) is 0 Å². The number of carbonyl (C=O) groups is 2. The maximum Gasteiger partial charge on any atom is 0.409 e. The van der Waals surface area contributed by atoms with E-state index >= 15 is 0 Å². The molecule has 7 nitrogen and oxygen atoms in total. The van der Waals surface area contributed by atoms with Gasteiger partial charge in [0, 0.05) is 43.1 Å². The van der Waals surface area contributed by atoms with Gasteiger partial charge in [-0.2, -0.15) is 0 Å². The van der Waals surface area contributed by atoms with Crippen LogP contribution in [0, 0.1) is 0 Å². The molecule has 3 rings (SSSR count). The molecule has 0 saturated carbocycles. The molecule has 1 aliphatic rings. The van der Waals surface area contributed by atoms with E-state index in [0.717, 1.165) is 18.5 Å². The molecule has 1 aliphatic heterocycles. The number of anilines is 2. The number of hydrogen-bond acceptors (Lipinski definition) is 5. The second kappa shape index (κ2) is 9.91. The molecule has 1 fully saturated rings. The Bertz CT molecular complexity index is 820. The lowest BCUT2D eigenvalue weighted by molar-refractivity contribution is 0.0976. The summed E-state index contributed by atoms with van der Waals surface area (Å²) in [6, 6.07) is 13.4. The van der Waals surface area contributed by atoms with Crippen molar-refractivity contribution < 1.29 is 14.3 Å². The highest BCUT2D eigenvalue weighted by molar-refractivity contribution is 6.06. The molecule has 2 heterocycles. The van der Waals surface area contributed by atoms with Crippen molar-refractivity contribution in [2.24, 2.45) is 0 Å². The molecule has 2 amide bonds. The molecular weight excluding hydrogens is 368 g/mol. The summed E-state index contributed by atoms with van der Waals surface area (Å²) in [5.41, 5.74) is 1.47. The Morgan fingerprint density at radius 3 is 2.55 bits per heavy atom. The second-order valence-corrected chi connectivity index (χ2v) is 6.92. The van der Waals surface area contributed by atoms with Crippen LogP contribution in [-0.2, 0) is 4.74 Å². The Kier molecular flexibility index (Phi) is 7.05. The highest BCUT2D eigenvalue weighted by Crippen LogP contribution is 2.20. The number of para-hydroxylation sites is 1. The molecule has 0 bridgehead atoms. The van der Waals surface area contributed by atoms with Crippen LogP contribution in [0.5, 0.6) is 0 Å². The van der Waals surface area contributed by atoms with E-state index in [9.17, 15) is 9.59 Å². The fraction of sp³-hybridized carbons (Fsp3) is 0.409. The molecule has 1 saturated heterocycles. The van der Waals surface area contributed by atoms with E-state index in [1.165, 1.54) is 0 Å². The van der Waals surface area contributed by atoms with Crippen LogP contribution in [0.15, 0.2) is 48.7 Å². The van der Waals surface area contributed by atoms with Gasteiger partial charge in [0.1, 0.15) is 5.82 Å². The lowest BCUT2D eigenvalue weighted by Crippen LogP contribution is -2.42. The fourth-order valence-corrected chi connectivity index (χ4v) is 3.48. The first-order valence-corrected chi connectivity index (χ1v) is 10.1. The van der Waals surface area contributed by atoms with Gasteiger partial charge in [-0.3, -0.25) is 4.79 Å². The van der Waals surface area contributed by atoms with Gasteiger partial charge in [0.25, 0.3) is 5.91 Å². The summed E-state index contributed by atoms with van der Waals surface area (Å²) < 4.78 is 5.06. The lowest BCUT2D eigenvalue weighted by atomic mass is 10.1. The molecule has 0 radical (unpaired) electrons. The van der Waals surface area contributed by atoms with Gasteiger partial charge in [-0.25, -0.2) is 9.78 Å². The summed E-state index contributed by atoms with van der Waals surface area (Å²) in [6.07, 6.45) is 3.02. The predicted molar refractivity (Wildman–Crippen MR) is 113 cm³/mol. The van der Waals surface area contributed by atoms with Gasteiger partial charge >= 0.3 is 6.09 Å². The van der Waals surface area contributed by atoms with Gasteiger partial charge < -0.3 is 19.9 Å². The Labute approximate surface area is 171 Å². The van der Waals surface area contributed by atoms with Crippen LogP contribution in [0.25, 0.3) is 0 Å². The standard InChI is InChI=1S/C22H28N4O3/c1-3-26(19-8-6-5-7-9-19)21(27)17-10-13-23-20(16-17)24-18-11-14-25(15-12-18)22(28)29-4-2/h5-10,13,16,18H,3-4,11-12,14-15H2,1-2H3,(H,23,24). The van der Waals surface area contributed by atoms with Crippen molar-refractivity contribution >= 4 is 23.5 Å². The summed E-state index contributed by atoms with van der Waals surface area (Å²) in [7, 11) is 0. The number of amides is 2. The van der Waals surface area contributed by atoms with Crippen molar-refractivity contribution in [2.75, 3.05) is 36.5 Å². The number of carbonyl (C=O) groups excluding carboxylic acids is 2. The maximum atomic E-state index is 13.0. The van der Waals surface area contributed by atoms with Gasteiger partial charge in [-0.1, -0.05) is 18.2 Å². The van der Waals surface area contributed by atoms with Gasteiger partial charge in [0.05, 0.1) is 6.61 Å². The van der Waals surface area contributed by atoms with Crippen molar-refractivity contribution in [3.8, 4) is 0 Å². The van der Waals surface area contributed by atoms with Crippen molar-refractivity contribution in [2.45, 2.75) is 32.7 Å². The zero-order valence-corrected chi connectivity index (χ0v) is 17.0. The van der Waals surface area contributed by atoms with Crippen molar-refractivity contribution in [1.29, 1.82) is 0 Å². The molecule has 1 N–H and O–H groups in total. The second-order valence-electron chi connectivity index (χ2n) is 6.92. The third-order valence-electron chi connectivity index (χ3n) is 5.01. The molecule has 1 aromatic carbocycles. The number of rotatable bonds is 6. The molecule has 154 valence electrons. The largest absolute Gasteiger partial charge is 0.450 e. The van der Waals surface area contributed by atoms with E-state index in [4.69, 9.17) is 4.74 Å². The van der Waals surface area contributed by atoms with Gasteiger partial charge in [0.2, 0.25) is 0 Å². The van der Waals surface area contributed by atoms with Crippen molar-refractivity contribution in [1.82, 2.24) is 9.88 Å². The van der Waals surface area contributed by atoms with Crippen molar-refractivity contribution in [3.63, 3.8) is 0 Å². The minimum absolute atomic E-state index is 0.0544. The maximum absolute atomic E-state index is 13.0. The minimum atomic E-state index is -0.253. The van der Waals surface area contributed by atoms with Crippen LogP contribution < -0.4 is 10.2 Å². The quantitative estimate of drug-likeness (QED) is 0.804. The number of benzene rings is 1. The third kappa shape index (κ3) is 5.25. The first-order chi connectivity index (χ1) is 14.1. The summed E-state index contributed by atoms with van der Waals surface area (Å²) >= 11 is 0. The number of ether oxygens (including phenoxy) is 1. The SMILES string of the molecule is CCOC(=O)N1CCC(Nc2cc(C(=O)N(CC)c3ccccc3)ccn2)CC1. The summed E-state index contributed by atoms with van der Waals surface area (Å²) in [6.45, 7) is 6.03. The molecular formula is C22H28N4O3. The molecule has 0 atom stereocenters. The van der Waals surface area contributed by atoms with E-state index in [0.29, 0.717) is 37.6 Å². The third-order valence-corrected chi connectivity index (χ3v) is 5.01. The van der Waals surface area contributed by atoms with E-state index in [-0.39, 0.29) is 18.0 Å². The zero-order chi connectivity index (χ0) is 20.6. The first kappa shape index (κ1) is 20.6. The van der Waals surface area contributed by atoms with Crippen LogP contribution in [-0.4, -0.2) is 54.2 Å². The smallest absolute Gasteiger partial charge is 0.409 e. The minimum Gasteiger partial charge on any atom is -0.450 e. The average Bonchev–Trinajstić information content (AvgIpc) is 2.76. The van der Waals surface area contributed by atoms with Crippen LogP contribution >= 0.6 is 0 Å². The van der Waals surface area contributed by atoms with E-state index < -0.39 is 0 Å². The Morgan fingerprint density at radius 2 is 1.90 bits per heavy atom. The van der Waals surface area contributed by atoms with Gasteiger partial charge in [-0.15, -0.1) is 0 Å². The molecule has 0 unspecified atom stereocenters. The Balaban J connectivity index is 1.63. The number of piperidine rings is 1. The summed E-state index contributed by atoms with van der Waals surface area (Å²) in [4.78, 5) is 32.7. The summed E-state index contributed by atoms with van der Waals surface area (Å²) in [5, 5.41) is 3.40. The molecule has 2 aromatic rings. The van der Waals surface area contributed by atoms with E-state index in [2.05, 4.69) is 10.3 Å².